The summed E-state index contributed by atoms with van der Waals surface area (Å²) >= 11 is 0. The molecular weight excluding hydrogens is 315 g/mol. The maximum atomic E-state index is 14.1. The molecule has 0 saturated heterocycles. The molecule has 1 atom stereocenters. The summed E-state index contributed by atoms with van der Waals surface area (Å²) in [6.07, 6.45) is 5.47. The van der Waals surface area contributed by atoms with Crippen molar-refractivity contribution in [2.24, 2.45) is 0 Å². The standard InChI is InChI=1S/C22H25FO2/c1-3-16-9-11-17(12-10-16)6-4-5-7-19-14-18-13-8-15(2)21(23)20(18)22(24)25-19/h8-13,19H,3-7,14H2,1-2H3. The van der Waals surface area contributed by atoms with E-state index in [4.69, 9.17) is 4.74 Å². The second kappa shape index (κ2) is 7.81. The molecule has 0 radical (unpaired) electrons. The van der Waals surface area contributed by atoms with Crippen LogP contribution in [0.3, 0.4) is 0 Å². The Morgan fingerprint density at radius 1 is 1.08 bits per heavy atom. The van der Waals surface area contributed by atoms with Crippen molar-refractivity contribution >= 4 is 5.97 Å². The molecule has 0 amide bonds. The molecule has 1 heterocycles. The minimum atomic E-state index is -0.511. The summed E-state index contributed by atoms with van der Waals surface area (Å²) in [5.74, 6) is -0.945. The molecule has 0 bridgehead atoms. The first kappa shape index (κ1) is 17.7. The molecule has 0 saturated carbocycles. The minimum absolute atomic E-state index is 0.132. The summed E-state index contributed by atoms with van der Waals surface area (Å²) in [7, 11) is 0. The maximum Gasteiger partial charge on any atom is 0.341 e. The predicted octanol–water partition coefficient (Wildman–Crippen LogP) is 5.19. The molecule has 3 heteroatoms. The third-order valence-electron chi connectivity index (χ3n) is 5.02. The molecule has 2 aromatic rings. The van der Waals surface area contributed by atoms with Gasteiger partial charge in [0, 0.05) is 6.42 Å². The van der Waals surface area contributed by atoms with Crippen LogP contribution in [0.15, 0.2) is 36.4 Å². The van der Waals surface area contributed by atoms with Gasteiger partial charge in [-0.2, -0.15) is 0 Å². The van der Waals surface area contributed by atoms with Crippen molar-refractivity contribution in [1.82, 2.24) is 0 Å². The Morgan fingerprint density at radius 2 is 1.80 bits per heavy atom. The summed E-state index contributed by atoms with van der Waals surface area (Å²) in [5, 5.41) is 0. The van der Waals surface area contributed by atoms with Crippen LogP contribution in [0, 0.1) is 12.7 Å². The Morgan fingerprint density at radius 3 is 2.52 bits per heavy atom. The molecule has 1 aliphatic heterocycles. The lowest BCUT2D eigenvalue weighted by Crippen LogP contribution is -2.29. The molecule has 0 aliphatic carbocycles. The highest BCUT2D eigenvalue weighted by Gasteiger charge is 2.29. The van der Waals surface area contributed by atoms with Crippen LogP contribution in [-0.4, -0.2) is 12.1 Å². The molecule has 3 rings (SSSR count). The third-order valence-corrected chi connectivity index (χ3v) is 5.02. The van der Waals surface area contributed by atoms with Gasteiger partial charge in [0.1, 0.15) is 11.9 Å². The van der Waals surface area contributed by atoms with Gasteiger partial charge >= 0.3 is 5.97 Å². The van der Waals surface area contributed by atoms with E-state index < -0.39 is 11.8 Å². The number of esters is 1. The van der Waals surface area contributed by atoms with Crippen molar-refractivity contribution in [3.05, 3.63) is 70.0 Å². The number of hydrogen-bond acceptors (Lipinski definition) is 2. The van der Waals surface area contributed by atoms with Crippen molar-refractivity contribution in [2.75, 3.05) is 0 Å². The van der Waals surface area contributed by atoms with Gasteiger partial charge in [0.25, 0.3) is 0 Å². The lowest BCUT2D eigenvalue weighted by Gasteiger charge is -2.25. The highest BCUT2D eigenvalue weighted by molar-refractivity contribution is 5.92. The van der Waals surface area contributed by atoms with E-state index >= 15 is 0 Å². The van der Waals surface area contributed by atoms with E-state index in [1.165, 1.54) is 11.1 Å². The summed E-state index contributed by atoms with van der Waals surface area (Å²) in [5.41, 5.74) is 4.11. The topological polar surface area (TPSA) is 26.3 Å². The molecule has 2 nitrogen and oxygen atoms in total. The van der Waals surface area contributed by atoms with Crippen LogP contribution in [0.1, 0.15) is 58.8 Å². The van der Waals surface area contributed by atoms with Gasteiger partial charge in [0.15, 0.2) is 0 Å². The van der Waals surface area contributed by atoms with Crippen molar-refractivity contribution in [3.8, 4) is 0 Å². The molecule has 0 N–H and O–H groups in total. The van der Waals surface area contributed by atoms with Gasteiger partial charge in [0.05, 0.1) is 5.56 Å². The van der Waals surface area contributed by atoms with Crippen LogP contribution in [0.5, 0.6) is 0 Å². The van der Waals surface area contributed by atoms with E-state index in [0.29, 0.717) is 12.0 Å². The van der Waals surface area contributed by atoms with Gasteiger partial charge in [-0.1, -0.05) is 43.3 Å². The number of unbranched alkanes of at least 4 members (excludes halogenated alkanes) is 1. The second-order valence-corrected chi connectivity index (χ2v) is 6.88. The summed E-state index contributed by atoms with van der Waals surface area (Å²) in [4.78, 5) is 12.1. The number of hydrogen-bond donors (Lipinski definition) is 0. The van der Waals surface area contributed by atoms with E-state index in [-0.39, 0.29) is 11.7 Å². The number of halogens is 1. The Balaban J connectivity index is 1.51. The molecule has 25 heavy (non-hydrogen) atoms. The first-order valence-corrected chi connectivity index (χ1v) is 9.15. The first-order chi connectivity index (χ1) is 12.1. The van der Waals surface area contributed by atoms with Crippen LogP contribution < -0.4 is 0 Å². The lowest BCUT2D eigenvalue weighted by atomic mass is 9.93. The molecule has 0 spiro atoms. The quantitative estimate of drug-likeness (QED) is 0.534. The van der Waals surface area contributed by atoms with E-state index in [2.05, 4.69) is 31.2 Å². The van der Waals surface area contributed by atoms with Gasteiger partial charge in [0.2, 0.25) is 0 Å². The minimum Gasteiger partial charge on any atom is -0.458 e. The predicted molar refractivity (Wildman–Crippen MR) is 97.4 cm³/mol. The van der Waals surface area contributed by atoms with Crippen LogP contribution in [0.25, 0.3) is 0 Å². The first-order valence-electron chi connectivity index (χ1n) is 9.15. The molecule has 0 aromatic heterocycles. The van der Waals surface area contributed by atoms with Crippen molar-refractivity contribution < 1.29 is 13.9 Å². The van der Waals surface area contributed by atoms with Crippen LogP contribution >= 0.6 is 0 Å². The number of ether oxygens (including phenoxy) is 1. The molecule has 0 fully saturated rings. The lowest BCUT2D eigenvalue weighted by molar-refractivity contribution is 0.0225. The molecule has 1 aliphatic rings. The monoisotopic (exact) mass is 340 g/mol. The van der Waals surface area contributed by atoms with E-state index in [9.17, 15) is 9.18 Å². The van der Waals surface area contributed by atoms with Crippen molar-refractivity contribution in [1.29, 1.82) is 0 Å². The van der Waals surface area contributed by atoms with Crippen LogP contribution in [-0.2, 0) is 24.0 Å². The smallest absolute Gasteiger partial charge is 0.341 e. The highest BCUT2D eigenvalue weighted by Crippen LogP contribution is 2.27. The fourth-order valence-corrected chi connectivity index (χ4v) is 3.41. The number of fused-ring (bicyclic) bond motifs is 1. The molecule has 132 valence electrons. The maximum absolute atomic E-state index is 14.1. The number of rotatable bonds is 6. The van der Waals surface area contributed by atoms with Crippen molar-refractivity contribution in [3.63, 3.8) is 0 Å². The highest BCUT2D eigenvalue weighted by atomic mass is 19.1. The zero-order valence-electron chi connectivity index (χ0n) is 15.0. The largest absolute Gasteiger partial charge is 0.458 e. The average molecular weight is 340 g/mol. The molecule has 2 aromatic carbocycles. The third kappa shape index (κ3) is 4.09. The molecular formula is C22H25FO2. The summed E-state index contributed by atoms with van der Waals surface area (Å²) in [6.45, 7) is 3.83. The Kier molecular flexibility index (Phi) is 5.52. The van der Waals surface area contributed by atoms with Gasteiger partial charge in [-0.3, -0.25) is 0 Å². The van der Waals surface area contributed by atoms with Crippen LogP contribution in [0.2, 0.25) is 0 Å². The zero-order chi connectivity index (χ0) is 17.8. The van der Waals surface area contributed by atoms with Gasteiger partial charge in [-0.05, 0) is 61.3 Å². The van der Waals surface area contributed by atoms with E-state index in [1.807, 2.05) is 6.07 Å². The van der Waals surface area contributed by atoms with Gasteiger partial charge in [-0.25, -0.2) is 9.18 Å². The SMILES string of the molecule is CCc1ccc(CCCCC2Cc3ccc(C)c(F)c3C(=O)O2)cc1. The number of carbonyl (C=O) groups is 1. The number of aryl methyl sites for hydroxylation is 3. The normalized spacial score (nSPS) is 16.4. The second-order valence-electron chi connectivity index (χ2n) is 6.88. The average Bonchev–Trinajstić information content (AvgIpc) is 2.62. The zero-order valence-corrected chi connectivity index (χ0v) is 15.0. The summed E-state index contributed by atoms with van der Waals surface area (Å²) in [6, 6.07) is 12.4. The Hall–Kier alpha value is -2.16. The number of cyclic esters (lactones) is 1. The van der Waals surface area contributed by atoms with Crippen LogP contribution in [0.4, 0.5) is 4.39 Å². The fourth-order valence-electron chi connectivity index (χ4n) is 3.41. The fraction of sp³-hybridized carbons (Fsp3) is 0.409. The number of benzene rings is 2. The number of carbonyl (C=O) groups excluding carboxylic acids is 1. The summed E-state index contributed by atoms with van der Waals surface area (Å²) < 4.78 is 19.6. The van der Waals surface area contributed by atoms with E-state index in [0.717, 1.165) is 37.7 Å². The van der Waals surface area contributed by atoms with E-state index in [1.54, 1.807) is 13.0 Å². The van der Waals surface area contributed by atoms with Gasteiger partial charge < -0.3 is 4.74 Å². The Labute approximate surface area is 149 Å². The van der Waals surface area contributed by atoms with Gasteiger partial charge in [-0.15, -0.1) is 0 Å². The van der Waals surface area contributed by atoms with Crippen molar-refractivity contribution in [2.45, 2.75) is 58.5 Å². The Bertz CT molecular complexity index is 749. The molecule has 1 unspecified atom stereocenters.